The molecule has 1 atom stereocenters. The molecule has 8 heteroatoms. The molecule has 1 aliphatic rings. The molecule has 3 aromatic rings. The average Bonchev–Trinajstić information content (AvgIpc) is 3.12. The minimum atomic E-state index is -0.0405. The number of fused-ring (bicyclic) bond motifs is 2. The van der Waals surface area contributed by atoms with Crippen LogP contribution in [0.1, 0.15) is 29.1 Å². The number of rotatable bonds is 3. The van der Waals surface area contributed by atoms with Gasteiger partial charge in [-0.1, -0.05) is 18.2 Å². The highest BCUT2D eigenvalue weighted by Crippen LogP contribution is 2.22. The van der Waals surface area contributed by atoms with Gasteiger partial charge in [0.05, 0.1) is 5.52 Å². The molecule has 136 valence electrons. The van der Waals surface area contributed by atoms with E-state index in [4.69, 9.17) is 4.74 Å². The van der Waals surface area contributed by atoms with Crippen LogP contribution in [0.25, 0.3) is 10.9 Å². The van der Waals surface area contributed by atoms with Crippen LogP contribution in [0, 0.1) is 0 Å². The van der Waals surface area contributed by atoms with Crippen molar-refractivity contribution in [1.29, 1.82) is 0 Å². The number of methoxy groups -OCH3 is 1. The van der Waals surface area contributed by atoms with Gasteiger partial charge in [-0.2, -0.15) is 5.10 Å². The average molecular weight is 354 g/mol. The first kappa shape index (κ1) is 16.7. The van der Waals surface area contributed by atoms with Crippen molar-refractivity contribution in [3.63, 3.8) is 0 Å². The predicted molar refractivity (Wildman–Crippen MR) is 95.7 cm³/mol. The number of aryl methyl sites for hydroxylation is 1. The maximum Gasteiger partial charge on any atom is 0.275 e. The number of ether oxygens (including phenoxy) is 1. The molecule has 0 saturated carbocycles. The zero-order chi connectivity index (χ0) is 18.3. The Morgan fingerprint density at radius 2 is 2.08 bits per heavy atom. The van der Waals surface area contributed by atoms with Crippen LogP contribution in [0.3, 0.4) is 0 Å². The van der Waals surface area contributed by atoms with Crippen molar-refractivity contribution < 1.29 is 9.53 Å². The summed E-state index contributed by atoms with van der Waals surface area (Å²) in [6, 6.07) is 7.83. The van der Waals surface area contributed by atoms with Gasteiger partial charge in [0.1, 0.15) is 12.4 Å². The first-order valence-corrected chi connectivity index (χ1v) is 8.72. The van der Waals surface area contributed by atoms with E-state index in [-0.39, 0.29) is 11.9 Å². The molecule has 26 heavy (non-hydrogen) atoms. The van der Waals surface area contributed by atoms with E-state index in [9.17, 15) is 4.79 Å². The van der Waals surface area contributed by atoms with Crippen molar-refractivity contribution in [2.45, 2.75) is 32.5 Å². The van der Waals surface area contributed by atoms with Gasteiger partial charge < -0.3 is 14.2 Å². The lowest BCUT2D eigenvalue weighted by Crippen LogP contribution is -2.40. The van der Waals surface area contributed by atoms with Crippen molar-refractivity contribution >= 4 is 16.8 Å². The van der Waals surface area contributed by atoms with Gasteiger partial charge in [0.15, 0.2) is 11.5 Å². The molecule has 0 bridgehead atoms. The molecule has 0 N–H and O–H groups in total. The van der Waals surface area contributed by atoms with Crippen molar-refractivity contribution in [2.24, 2.45) is 7.05 Å². The lowest BCUT2D eigenvalue weighted by atomic mass is 10.1. The predicted octanol–water partition coefficient (Wildman–Crippen LogP) is 1.40. The molecule has 0 spiro atoms. The second kappa shape index (κ2) is 6.53. The summed E-state index contributed by atoms with van der Waals surface area (Å²) in [5.41, 5.74) is 1.46. The van der Waals surface area contributed by atoms with E-state index in [1.54, 1.807) is 11.8 Å². The van der Waals surface area contributed by atoms with E-state index in [2.05, 4.69) is 19.9 Å². The molecule has 8 nitrogen and oxygen atoms in total. The van der Waals surface area contributed by atoms with E-state index in [1.807, 2.05) is 43.1 Å². The van der Waals surface area contributed by atoms with E-state index in [1.165, 1.54) is 0 Å². The van der Waals surface area contributed by atoms with Gasteiger partial charge in [-0.05, 0) is 13.0 Å². The van der Waals surface area contributed by atoms with Gasteiger partial charge in [0.25, 0.3) is 5.91 Å². The number of nitrogens with zero attached hydrogens (tertiary/aromatic N) is 6. The molecule has 4 rings (SSSR count). The van der Waals surface area contributed by atoms with E-state index in [0.29, 0.717) is 31.8 Å². The first-order valence-electron chi connectivity index (χ1n) is 8.72. The number of para-hydroxylation sites is 1. The summed E-state index contributed by atoms with van der Waals surface area (Å²) in [6.07, 6.45) is 0.660. The van der Waals surface area contributed by atoms with E-state index < -0.39 is 0 Å². The number of carbonyl (C=O) groups excluding carboxylic acids is 1. The van der Waals surface area contributed by atoms with Crippen LogP contribution in [0.15, 0.2) is 24.3 Å². The van der Waals surface area contributed by atoms with Gasteiger partial charge >= 0.3 is 0 Å². The summed E-state index contributed by atoms with van der Waals surface area (Å²) in [5.74, 6) is 1.65. The third kappa shape index (κ3) is 2.66. The maximum atomic E-state index is 13.3. The van der Waals surface area contributed by atoms with Crippen LogP contribution in [-0.4, -0.2) is 55.0 Å². The maximum absolute atomic E-state index is 13.3. The molecule has 3 heterocycles. The Bertz CT molecular complexity index is 960. The summed E-state index contributed by atoms with van der Waals surface area (Å²) in [5, 5.41) is 13.9. The standard InChI is InChI=1S/C18H22N6O2/c1-12-10-15-19-20-16(11-26-3)24(15)9-8-23(12)18(25)17-13-6-4-5-7-14(13)22(2)21-17/h4-7,12H,8-11H2,1-3H3. The molecule has 0 saturated heterocycles. The van der Waals surface area contributed by atoms with Crippen molar-refractivity contribution in [1.82, 2.24) is 29.4 Å². The van der Waals surface area contributed by atoms with Gasteiger partial charge in [0, 0.05) is 45.1 Å². The van der Waals surface area contributed by atoms with Crippen molar-refractivity contribution in [3.05, 3.63) is 41.6 Å². The van der Waals surface area contributed by atoms with Crippen LogP contribution in [0.4, 0.5) is 0 Å². The number of aromatic nitrogens is 5. The molecular formula is C18H22N6O2. The summed E-state index contributed by atoms with van der Waals surface area (Å²) in [7, 11) is 3.51. The highest BCUT2D eigenvalue weighted by atomic mass is 16.5. The minimum Gasteiger partial charge on any atom is -0.377 e. The fourth-order valence-electron chi connectivity index (χ4n) is 3.63. The SMILES string of the molecule is COCc1nnc2n1CCN(C(=O)c1nn(C)c3ccccc13)C(C)C2. The van der Waals surface area contributed by atoms with E-state index >= 15 is 0 Å². The first-order chi connectivity index (χ1) is 12.6. The third-order valence-electron chi connectivity index (χ3n) is 4.97. The Morgan fingerprint density at radius 1 is 1.27 bits per heavy atom. The summed E-state index contributed by atoms with van der Waals surface area (Å²) in [6.45, 7) is 3.71. The summed E-state index contributed by atoms with van der Waals surface area (Å²) >= 11 is 0. The Kier molecular flexibility index (Phi) is 4.20. The quantitative estimate of drug-likeness (QED) is 0.710. The van der Waals surface area contributed by atoms with Crippen LogP contribution in [0.5, 0.6) is 0 Å². The number of hydrogen-bond acceptors (Lipinski definition) is 5. The normalized spacial score (nSPS) is 17.3. The number of amides is 1. The molecule has 1 aliphatic heterocycles. The lowest BCUT2D eigenvalue weighted by Gasteiger charge is -2.26. The van der Waals surface area contributed by atoms with E-state index in [0.717, 1.165) is 22.6 Å². The highest BCUT2D eigenvalue weighted by Gasteiger charge is 2.30. The van der Waals surface area contributed by atoms with Gasteiger partial charge in [-0.3, -0.25) is 9.48 Å². The van der Waals surface area contributed by atoms with Crippen molar-refractivity contribution in [3.8, 4) is 0 Å². The molecule has 2 aromatic heterocycles. The largest absolute Gasteiger partial charge is 0.377 e. The third-order valence-corrected chi connectivity index (χ3v) is 4.97. The fraction of sp³-hybridized carbons (Fsp3) is 0.444. The highest BCUT2D eigenvalue weighted by molar-refractivity contribution is 6.05. The molecular weight excluding hydrogens is 332 g/mol. The molecule has 0 aliphatic carbocycles. The minimum absolute atomic E-state index is 0.0177. The fourth-order valence-corrected chi connectivity index (χ4v) is 3.63. The van der Waals surface area contributed by atoms with Crippen LogP contribution in [-0.2, 0) is 31.4 Å². The second-order valence-electron chi connectivity index (χ2n) is 6.66. The molecule has 1 amide bonds. The lowest BCUT2D eigenvalue weighted by molar-refractivity contribution is 0.0690. The van der Waals surface area contributed by atoms with Gasteiger partial charge in [0.2, 0.25) is 0 Å². The zero-order valence-electron chi connectivity index (χ0n) is 15.2. The topological polar surface area (TPSA) is 78.1 Å². The molecule has 1 unspecified atom stereocenters. The number of hydrogen-bond donors (Lipinski definition) is 0. The zero-order valence-corrected chi connectivity index (χ0v) is 15.2. The number of benzene rings is 1. The smallest absolute Gasteiger partial charge is 0.275 e. The van der Waals surface area contributed by atoms with Crippen molar-refractivity contribution in [2.75, 3.05) is 13.7 Å². The van der Waals surface area contributed by atoms with Crippen LogP contribution in [0.2, 0.25) is 0 Å². The Hall–Kier alpha value is -2.74. The van der Waals surface area contributed by atoms with Gasteiger partial charge in [-0.15, -0.1) is 10.2 Å². The molecule has 1 aromatic carbocycles. The second-order valence-corrected chi connectivity index (χ2v) is 6.66. The monoisotopic (exact) mass is 354 g/mol. The number of carbonyl (C=O) groups is 1. The molecule has 0 radical (unpaired) electrons. The Labute approximate surface area is 151 Å². The van der Waals surface area contributed by atoms with Crippen LogP contribution < -0.4 is 0 Å². The Morgan fingerprint density at radius 3 is 2.88 bits per heavy atom. The van der Waals surface area contributed by atoms with Gasteiger partial charge in [-0.25, -0.2) is 0 Å². The Balaban J connectivity index is 1.64. The molecule has 0 fully saturated rings. The van der Waals surface area contributed by atoms with Crippen LogP contribution >= 0.6 is 0 Å². The summed E-state index contributed by atoms with van der Waals surface area (Å²) in [4.78, 5) is 15.1. The summed E-state index contributed by atoms with van der Waals surface area (Å²) < 4.78 is 9.02.